The van der Waals surface area contributed by atoms with Gasteiger partial charge in [0.1, 0.15) is 5.82 Å². The summed E-state index contributed by atoms with van der Waals surface area (Å²) in [5.41, 5.74) is 0.327. The molecule has 0 radical (unpaired) electrons. The van der Waals surface area contributed by atoms with E-state index in [1.54, 1.807) is 14.1 Å². The number of benzene rings is 1. The molecule has 0 saturated heterocycles. The molecule has 0 aliphatic carbocycles. The fourth-order valence-electron chi connectivity index (χ4n) is 1.02. The second-order valence-corrected chi connectivity index (χ2v) is 3.48. The van der Waals surface area contributed by atoms with Crippen LogP contribution in [0.15, 0.2) is 24.3 Å². The van der Waals surface area contributed by atoms with Crippen molar-refractivity contribution in [2.24, 2.45) is 0 Å². The van der Waals surface area contributed by atoms with E-state index in [0.717, 1.165) is 0 Å². The Labute approximate surface area is 93.1 Å². The minimum atomic E-state index is -0.402. The Kier molecular flexibility index (Phi) is 3.99. The van der Waals surface area contributed by atoms with Gasteiger partial charge in [0.25, 0.3) is 5.91 Å². The number of rotatable bonds is 3. The van der Waals surface area contributed by atoms with Crippen molar-refractivity contribution < 1.29 is 14.0 Å². The Morgan fingerprint density at radius 3 is 2.31 bits per heavy atom. The van der Waals surface area contributed by atoms with Crippen LogP contribution in [0.3, 0.4) is 0 Å². The van der Waals surface area contributed by atoms with E-state index in [1.165, 1.54) is 29.2 Å². The van der Waals surface area contributed by atoms with Crippen LogP contribution in [0.2, 0.25) is 0 Å². The van der Waals surface area contributed by atoms with Crippen molar-refractivity contribution in [3.8, 4) is 0 Å². The molecule has 5 heteroatoms. The normalized spacial score (nSPS) is 9.69. The monoisotopic (exact) mass is 224 g/mol. The SMILES string of the molecule is CN(C)C(=O)CNC(=O)c1ccc(F)cc1. The quantitative estimate of drug-likeness (QED) is 0.819. The van der Waals surface area contributed by atoms with Crippen molar-refractivity contribution in [3.05, 3.63) is 35.6 Å². The third-order valence-corrected chi connectivity index (χ3v) is 2.01. The van der Waals surface area contributed by atoms with Crippen LogP contribution in [0.1, 0.15) is 10.4 Å². The molecule has 1 aromatic rings. The lowest BCUT2D eigenvalue weighted by atomic mass is 10.2. The minimum Gasteiger partial charge on any atom is -0.347 e. The first-order chi connectivity index (χ1) is 7.50. The average Bonchev–Trinajstić information content (AvgIpc) is 2.26. The Morgan fingerprint density at radius 1 is 1.25 bits per heavy atom. The van der Waals surface area contributed by atoms with Gasteiger partial charge in [-0.1, -0.05) is 0 Å². The highest BCUT2D eigenvalue weighted by atomic mass is 19.1. The summed E-state index contributed by atoms with van der Waals surface area (Å²) in [6.07, 6.45) is 0. The van der Waals surface area contributed by atoms with Crippen LogP contribution in [-0.4, -0.2) is 37.4 Å². The molecule has 0 bridgehead atoms. The Morgan fingerprint density at radius 2 is 1.81 bits per heavy atom. The molecular formula is C11H13FN2O2. The van der Waals surface area contributed by atoms with Gasteiger partial charge in [-0.05, 0) is 24.3 Å². The first-order valence-corrected chi connectivity index (χ1v) is 4.74. The van der Waals surface area contributed by atoms with Crippen LogP contribution >= 0.6 is 0 Å². The number of nitrogens with zero attached hydrogens (tertiary/aromatic N) is 1. The van der Waals surface area contributed by atoms with Gasteiger partial charge < -0.3 is 10.2 Å². The summed E-state index contributed by atoms with van der Waals surface area (Å²) >= 11 is 0. The molecular weight excluding hydrogens is 211 g/mol. The first kappa shape index (κ1) is 12.2. The van der Waals surface area contributed by atoms with E-state index in [-0.39, 0.29) is 12.5 Å². The molecule has 1 rings (SSSR count). The average molecular weight is 224 g/mol. The maximum absolute atomic E-state index is 12.6. The van der Waals surface area contributed by atoms with Crippen LogP contribution in [0.25, 0.3) is 0 Å². The third kappa shape index (κ3) is 3.34. The molecule has 0 saturated carbocycles. The number of carbonyl (C=O) groups is 2. The number of nitrogens with one attached hydrogen (secondary N) is 1. The van der Waals surface area contributed by atoms with E-state index in [2.05, 4.69) is 5.32 Å². The molecule has 0 spiro atoms. The molecule has 2 amide bonds. The topological polar surface area (TPSA) is 49.4 Å². The van der Waals surface area contributed by atoms with E-state index < -0.39 is 11.7 Å². The smallest absolute Gasteiger partial charge is 0.251 e. The first-order valence-electron chi connectivity index (χ1n) is 4.74. The van der Waals surface area contributed by atoms with Gasteiger partial charge >= 0.3 is 0 Å². The zero-order chi connectivity index (χ0) is 12.1. The van der Waals surface area contributed by atoms with Gasteiger partial charge in [-0.3, -0.25) is 9.59 Å². The third-order valence-electron chi connectivity index (χ3n) is 2.01. The Balaban J connectivity index is 2.53. The maximum Gasteiger partial charge on any atom is 0.251 e. The van der Waals surface area contributed by atoms with Gasteiger partial charge in [-0.2, -0.15) is 0 Å². The van der Waals surface area contributed by atoms with Crippen molar-refractivity contribution in [2.75, 3.05) is 20.6 Å². The van der Waals surface area contributed by atoms with Crippen LogP contribution in [0.5, 0.6) is 0 Å². The molecule has 1 N–H and O–H groups in total. The molecule has 0 aliphatic rings. The van der Waals surface area contributed by atoms with Crippen molar-refractivity contribution in [1.29, 1.82) is 0 Å². The highest BCUT2D eigenvalue weighted by Gasteiger charge is 2.08. The number of hydrogen-bond donors (Lipinski definition) is 1. The van der Waals surface area contributed by atoms with Gasteiger partial charge in [0.05, 0.1) is 6.54 Å². The lowest BCUT2D eigenvalue weighted by molar-refractivity contribution is -0.127. The van der Waals surface area contributed by atoms with E-state index >= 15 is 0 Å². The lowest BCUT2D eigenvalue weighted by Gasteiger charge is -2.10. The summed E-state index contributed by atoms with van der Waals surface area (Å²) in [5, 5.41) is 2.45. The number of amides is 2. The van der Waals surface area contributed by atoms with Crippen molar-refractivity contribution in [1.82, 2.24) is 10.2 Å². The largest absolute Gasteiger partial charge is 0.347 e. The molecule has 16 heavy (non-hydrogen) atoms. The number of carbonyl (C=O) groups excluding carboxylic acids is 2. The summed E-state index contributed by atoms with van der Waals surface area (Å²) in [7, 11) is 3.21. The van der Waals surface area contributed by atoms with Gasteiger partial charge in [0.2, 0.25) is 5.91 Å². The number of hydrogen-bond acceptors (Lipinski definition) is 2. The van der Waals surface area contributed by atoms with E-state index in [1.807, 2.05) is 0 Å². The zero-order valence-electron chi connectivity index (χ0n) is 9.16. The highest BCUT2D eigenvalue weighted by Crippen LogP contribution is 2.02. The fraction of sp³-hybridized carbons (Fsp3) is 0.273. The molecule has 1 aromatic carbocycles. The Bertz CT molecular complexity index is 387. The van der Waals surface area contributed by atoms with Crippen LogP contribution < -0.4 is 5.32 Å². The maximum atomic E-state index is 12.6. The van der Waals surface area contributed by atoms with Crippen LogP contribution in [-0.2, 0) is 4.79 Å². The van der Waals surface area contributed by atoms with Gasteiger partial charge in [-0.15, -0.1) is 0 Å². The standard InChI is InChI=1S/C11H13FN2O2/c1-14(2)10(15)7-13-11(16)8-3-5-9(12)6-4-8/h3-6H,7H2,1-2H3,(H,13,16). The number of halogens is 1. The summed E-state index contributed by atoms with van der Waals surface area (Å²) in [6.45, 7) is -0.0663. The highest BCUT2D eigenvalue weighted by molar-refractivity contribution is 5.96. The lowest BCUT2D eigenvalue weighted by Crippen LogP contribution is -2.36. The fourth-order valence-corrected chi connectivity index (χ4v) is 1.02. The zero-order valence-corrected chi connectivity index (χ0v) is 9.16. The predicted molar refractivity (Wildman–Crippen MR) is 57.4 cm³/mol. The second kappa shape index (κ2) is 5.25. The summed E-state index contributed by atoms with van der Waals surface area (Å²) < 4.78 is 12.6. The van der Waals surface area contributed by atoms with Crippen molar-refractivity contribution in [2.45, 2.75) is 0 Å². The van der Waals surface area contributed by atoms with Crippen molar-refractivity contribution in [3.63, 3.8) is 0 Å². The van der Waals surface area contributed by atoms with Gasteiger partial charge in [0, 0.05) is 19.7 Å². The van der Waals surface area contributed by atoms with Crippen LogP contribution in [0.4, 0.5) is 4.39 Å². The summed E-state index contributed by atoms with van der Waals surface area (Å²) in [6, 6.07) is 5.13. The molecule has 0 heterocycles. The van der Waals surface area contributed by atoms with E-state index in [0.29, 0.717) is 5.56 Å². The predicted octanol–water partition coefficient (Wildman–Crippen LogP) is 0.644. The Hall–Kier alpha value is -1.91. The molecule has 4 nitrogen and oxygen atoms in total. The summed E-state index contributed by atoms with van der Waals surface area (Å²) in [4.78, 5) is 24.0. The molecule has 0 atom stereocenters. The molecule has 0 aliphatic heterocycles. The van der Waals surface area contributed by atoms with Gasteiger partial charge in [0.15, 0.2) is 0 Å². The molecule has 86 valence electrons. The molecule has 0 aromatic heterocycles. The van der Waals surface area contributed by atoms with Gasteiger partial charge in [-0.25, -0.2) is 4.39 Å². The minimum absolute atomic E-state index is 0.0663. The van der Waals surface area contributed by atoms with E-state index in [9.17, 15) is 14.0 Å². The molecule has 0 unspecified atom stereocenters. The van der Waals surface area contributed by atoms with Crippen molar-refractivity contribution >= 4 is 11.8 Å². The summed E-state index contributed by atoms with van der Waals surface area (Å²) in [5.74, 6) is -0.994. The van der Waals surface area contributed by atoms with Crippen LogP contribution in [0, 0.1) is 5.82 Å². The molecule has 0 fully saturated rings. The second-order valence-electron chi connectivity index (χ2n) is 3.48. The van der Waals surface area contributed by atoms with E-state index in [4.69, 9.17) is 0 Å². The number of likely N-dealkylation sites (N-methyl/N-ethyl adjacent to an activating group) is 1.